The van der Waals surface area contributed by atoms with Crippen molar-refractivity contribution in [3.05, 3.63) is 0 Å². The standard InChI is InChI=1S/C22H42O4/c1-4-7-8-9-10-11-12-13-14-15-16-17-18-19-20(21(23)25-5-2)22(24)26-6-3/h20H,4-19H2,1-3H3. The number of hydrogen-bond donors (Lipinski definition) is 0. The van der Waals surface area contributed by atoms with Gasteiger partial charge in [0.2, 0.25) is 0 Å². The lowest BCUT2D eigenvalue weighted by Crippen LogP contribution is -2.28. The van der Waals surface area contributed by atoms with Gasteiger partial charge >= 0.3 is 11.9 Å². The Morgan fingerprint density at radius 3 is 1.27 bits per heavy atom. The summed E-state index contributed by atoms with van der Waals surface area (Å²) in [5.41, 5.74) is 0. The van der Waals surface area contributed by atoms with Crippen molar-refractivity contribution in [3.8, 4) is 0 Å². The second kappa shape index (κ2) is 18.7. The molecule has 0 saturated heterocycles. The van der Waals surface area contributed by atoms with Gasteiger partial charge in [0.1, 0.15) is 0 Å². The number of rotatable bonds is 18. The predicted octanol–water partition coefficient (Wildman–Crippen LogP) is 6.21. The maximum absolute atomic E-state index is 11.9. The summed E-state index contributed by atoms with van der Waals surface area (Å²) in [6.45, 7) is 6.37. The molecule has 0 saturated carbocycles. The fraction of sp³-hybridized carbons (Fsp3) is 0.909. The van der Waals surface area contributed by atoms with Crippen molar-refractivity contribution in [3.63, 3.8) is 0 Å². The monoisotopic (exact) mass is 370 g/mol. The van der Waals surface area contributed by atoms with Gasteiger partial charge in [0.05, 0.1) is 13.2 Å². The zero-order valence-electron chi connectivity index (χ0n) is 17.5. The summed E-state index contributed by atoms with van der Waals surface area (Å²) in [7, 11) is 0. The maximum Gasteiger partial charge on any atom is 0.320 e. The maximum atomic E-state index is 11.9. The minimum Gasteiger partial charge on any atom is -0.465 e. The molecule has 0 fully saturated rings. The molecule has 0 aromatic rings. The van der Waals surface area contributed by atoms with Crippen LogP contribution in [0.1, 0.15) is 111 Å². The van der Waals surface area contributed by atoms with E-state index in [1.165, 1.54) is 70.6 Å². The number of ether oxygens (including phenoxy) is 2. The highest BCUT2D eigenvalue weighted by atomic mass is 16.6. The third-order valence-electron chi connectivity index (χ3n) is 4.74. The first-order valence-electron chi connectivity index (χ1n) is 11.0. The van der Waals surface area contributed by atoms with Crippen LogP contribution < -0.4 is 0 Å². The first-order chi connectivity index (χ1) is 12.7. The van der Waals surface area contributed by atoms with E-state index in [-0.39, 0.29) is 0 Å². The van der Waals surface area contributed by atoms with Crippen LogP contribution in [0.15, 0.2) is 0 Å². The second-order valence-electron chi connectivity index (χ2n) is 7.09. The molecule has 0 bridgehead atoms. The molecule has 0 aliphatic carbocycles. The zero-order valence-corrected chi connectivity index (χ0v) is 17.5. The van der Waals surface area contributed by atoms with Crippen LogP contribution in [0, 0.1) is 5.92 Å². The largest absolute Gasteiger partial charge is 0.465 e. The molecule has 4 nitrogen and oxygen atoms in total. The van der Waals surface area contributed by atoms with Crippen LogP contribution in [0.5, 0.6) is 0 Å². The van der Waals surface area contributed by atoms with E-state index < -0.39 is 17.9 Å². The van der Waals surface area contributed by atoms with Gasteiger partial charge in [0, 0.05) is 0 Å². The Kier molecular flexibility index (Phi) is 18.0. The SMILES string of the molecule is CCCCCCCCCCCCCCCC(C(=O)OCC)C(=O)OCC. The van der Waals surface area contributed by atoms with E-state index in [0.717, 1.165) is 12.8 Å². The summed E-state index contributed by atoms with van der Waals surface area (Å²) in [4.78, 5) is 23.8. The highest BCUT2D eigenvalue weighted by Crippen LogP contribution is 2.17. The first kappa shape index (κ1) is 24.9. The van der Waals surface area contributed by atoms with E-state index in [0.29, 0.717) is 19.6 Å². The summed E-state index contributed by atoms with van der Waals surface area (Å²) in [6, 6.07) is 0. The highest BCUT2D eigenvalue weighted by Gasteiger charge is 2.28. The van der Waals surface area contributed by atoms with E-state index >= 15 is 0 Å². The van der Waals surface area contributed by atoms with Gasteiger partial charge in [-0.05, 0) is 20.3 Å². The van der Waals surface area contributed by atoms with Crippen molar-refractivity contribution in [1.29, 1.82) is 0 Å². The van der Waals surface area contributed by atoms with E-state index in [2.05, 4.69) is 6.92 Å². The molecule has 0 aliphatic heterocycles. The Labute approximate surface area is 161 Å². The predicted molar refractivity (Wildman–Crippen MR) is 107 cm³/mol. The lowest BCUT2D eigenvalue weighted by Gasteiger charge is -2.14. The lowest BCUT2D eigenvalue weighted by molar-refractivity contribution is -0.161. The average molecular weight is 371 g/mol. The van der Waals surface area contributed by atoms with Crippen molar-refractivity contribution in [2.75, 3.05) is 13.2 Å². The van der Waals surface area contributed by atoms with Crippen LogP contribution in [0.2, 0.25) is 0 Å². The first-order valence-corrected chi connectivity index (χ1v) is 11.0. The van der Waals surface area contributed by atoms with Gasteiger partial charge in [0.15, 0.2) is 5.92 Å². The van der Waals surface area contributed by atoms with E-state index in [9.17, 15) is 9.59 Å². The van der Waals surface area contributed by atoms with Gasteiger partial charge in [0.25, 0.3) is 0 Å². The van der Waals surface area contributed by atoms with Gasteiger partial charge in [-0.2, -0.15) is 0 Å². The molecular formula is C22H42O4. The molecule has 0 aromatic carbocycles. The number of carbonyl (C=O) groups excluding carboxylic acids is 2. The number of unbranched alkanes of at least 4 members (excludes halogenated alkanes) is 12. The molecule has 0 heterocycles. The Morgan fingerprint density at radius 1 is 0.577 bits per heavy atom. The molecule has 0 aliphatic rings. The van der Waals surface area contributed by atoms with Crippen LogP contribution in [-0.2, 0) is 19.1 Å². The molecule has 26 heavy (non-hydrogen) atoms. The van der Waals surface area contributed by atoms with Crippen molar-refractivity contribution >= 4 is 11.9 Å². The topological polar surface area (TPSA) is 52.6 Å². The molecule has 0 aromatic heterocycles. The molecule has 154 valence electrons. The van der Waals surface area contributed by atoms with E-state index in [4.69, 9.17) is 9.47 Å². The fourth-order valence-corrected chi connectivity index (χ4v) is 3.18. The van der Waals surface area contributed by atoms with Crippen LogP contribution in [0.4, 0.5) is 0 Å². The summed E-state index contributed by atoms with van der Waals surface area (Å²) < 4.78 is 9.99. The van der Waals surface area contributed by atoms with Gasteiger partial charge < -0.3 is 9.47 Å². The normalized spacial score (nSPS) is 10.9. The lowest BCUT2D eigenvalue weighted by atomic mass is 9.99. The molecular weight excluding hydrogens is 328 g/mol. The number of hydrogen-bond acceptors (Lipinski definition) is 4. The highest BCUT2D eigenvalue weighted by molar-refractivity contribution is 5.94. The molecule has 0 amide bonds. The van der Waals surface area contributed by atoms with Gasteiger partial charge in [-0.25, -0.2) is 0 Å². The van der Waals surface area contributed by atoms with E-state index in [1.54, 1.807) is 13.8 Å². The minimum absolute atomic E-state index is 0.299. The molecule has 0 spiro atoms. The quantitative estimate of drug-likeness (QED) is 0.163. The molecule has 0 rings (SSSR count). The summed E-state index contributed by atoms with van der Waals surface area (Å²) in [5, 5.41) is 0. The van der Waals surface area contributed by atoms with Gasteiger partial charge in [-0.1, -0.05) is 90.4 Å². The Morgan fingerprint density at radius 2 is 0.923 bits per heavy atom. The minimum atomic E-state index is -0.748. The van der Waals surface area contributed by atoms with Crippen LogP contribution in [0.25, 0.3) is 0 Å². The third-order valence-corrected chi connectivity index (χ3v) is 4.74. The Hall–Kier alpha value is -1.06. The van der Waals surface area contributed by atoms with Crippen LogP contribution in [-0.4, -0.2) is 25.2 Å². The molecule has 0 unspecified atom stereocenters. The summed E-state index contributed by atoms with van der Waals surface area (Å²) >= 11 is 0. The molecule has 0 N–H and O–H groups in total. The summed E-state index contributed by atoms with van der Waals surface area (Å²) in [6.07, 6.45) is 17.2. The molecule has 0 radical (unpaired) electrons. The van der Waals surface area contributed by atoms with Crippen molar-refractivity contribution in [1.82, 2.24) is 0 Å². The second-order valence-corrected chi connectivity index (χ2v) is 7.09. The molecule has 0 atom stereocenters. The Bertz CT molecular complexity index is 323. The van der Waals surface area contributed by atoms with Crippen molar-refractivity contribution in [2.24, 2.45) is 5.92 Å². The van der Waals surface area contributed by atoms with E-state index in [1.807, 2.05) is 0 Å². The number of esters is 2. The average Bonchev–Trinajstić information content (AvgIpc) is 2.62. The zero-order chi connectivity index (χ0) is 19.5. The Balaban J connectivity index is 3.63. The van der Waals surface area contributed by atoms with Crippen LogP contribution >= 0.6 is 0 Å². The smallest absolute Gasteiger partial charge is 0.320 e. The van der Waals surface area contributed by atoms with Gasteiger partial charge in [-0.3, -0.25) is 9.59 Å². The van der Waals surface area contributed by atoms with Crippen molar-refractivity contribution < 1.29 is 19.1 Å². The number of carbonyl (C=O) groups is 2. The van der Waals surface area contributed by atoms with Crippen molar-refractivity contribution in [2.45, 2.75) is 111 Å². The fourth-order valence-electron chi connectivity index (χ4n) is 3.18. The third kappa shape index (κ3) is 14.1. The van der Waals surface area contributed by atoms with Crippen LogP contribution in [0.3, 0.4) is 0 Å². The molecule has 4 heteroatoms. The van der Waals surface area contributed by atoms with Gasteiger partial charge in [-0.15, -0.1) is 0 Å². The summed E-state index contributed by atoms with van der Waals surface area (Å²) in [5.74, 6) is -1.63.